The molecule has 0 saturated carbocycles. The van der Waals surface area contributed by atoms with E-state index in [0.717, 1.165) is 29.8 Å². The van der Waals surface area contributed by atoms with Crippen molar-refractivity contribution in [3.8, 4) is 5.75 Å². The maximum Gasteiger partial charge on any atom is 0.119 e. The lowest BCUT2D eigenvalue weighted by atomic mass is 10.1. The number of rotatable bonds is 7. The van der Waals surface area contributed by atoms with E-state index in [0.29, 0.717) is 6.54 Å². The highest BCUT2D eigenvalue weighted by atomic mass is 16.5. The second-order valence-corrected chi connectivity index (χ2v) is 5.12. The molecule has 0 aliphatic heterocycles. The van der Waals surface area contributed by atoms with Gasteiger partial charge in [-0.15, -0.1) is 0 Å². The van der Waals surface area contributed by atoms with E-state index < -0.39 is 6.10 Å². The standard InChI is InChI=1S/C18H23NO2/c1-3-5-14-8-10-16(11-9-14)19-13-18(20)15-6-4-7-17(12-15)21-2/h4,6-12,18-20H,3,5,13H2,1-2H3. The zero-order valence-electron chi connectivity index (χ0n) is 12.7. The van der Waals surface area contributed by atoms with Crippen molar-refractivity contribution in [2.75, 3.05) is 19.0 Å². The van der Waals surface area contributed by atoms with Crippen molar-refractivity contribution < 1.29 is 9.84 Å². The molecule has 0 fully saturated rings. The lowest BCUT2D eigenvalue weighted by molar-refractivity contribution is 0.191. The van der Waals surface area contributed by atoms with E-state index >= 15 is 0 Å². The van der Waals surface area contributed by atoms with Crippen molar-refractivity contribution in [1.29, 1.82) is 0 Å². The number of hydrogen-bond donors (Lipinski definition) is 2. The lowest BCUT2D eigenvalue weighted by Gasteiger charge is -2.14. The fourth-order valence-electron chi connectivity index (χ4n) is 2.26. The van der Waals surface area contributed by atoms with Gasteiger partial charge < -0.3 is 15.2 Å². The normalized spacial score (nSPS) is 12.0. The number of anilines is 1. The van der Waals surface area contributed by atoms with Gasteiger partial charge in [0.1, 0.15) is 5.75 Å². The Morgan fingerprint density at radius 2 is 1.90 bits per heavy atom. The van der Waals surface area contributed by atoms with Crippen LogP contribution in [0.5, 0.6) is 5.75 Å². The summed E-state index contributed by atoms with van der Waals surface area (Å²) in [6.07, 6.45) is 1.70. The molecule has 1 unspecified atom stereocenters. The number of nitrogens with one attached hydrogen (secondary N) is 1. The van der Waals surface area contributed by atoms with Gasteiger partial charge in [-0.25, -0.2) is 0 Å². The molecule has 0 radical (unpaired) electrons. The molecular formula is C18H23NO2. The maximum absolute atomic E-state index is 10.2. The van der Waals surface area contributed by atoms with Crippen molar-refractivity contribution in [3.63, 3.8) is 0 Å². The molecule has 0 aromatic heterocycles. The molecule has 2 rings (SSSR count). The molecular weight excluding hydrogens is 262 g/mol. The van der Waals surface area contributed by atoms with Crippen LogP contribution in [-0.2, 0) is 6.42 Å². The summed E-state index contributed by atoms with van der Waals surface area (Å²) < 4.78 is 5.17. The molecule has 1 atom stereocenters. The highest BCUT2D eigenvalue weighted by Gasteiger charge is 2.08. The van der Waals surface area contributed by atoms with E-state index in [2.05, 4.69) is 36.5 Å². The highest BCUT2D eigenvalue weighted by Crippen LogP contribution is 2.20. The summed E-state index contributed by atoms with van der Waals surface area (Å²) in [4.78, 5) is 0. The van der Waals surface area contributed by atoms with Crippen LogP contribution in [-0.4, -0.2) is 18.8 Å². The van der Waals surface area contributed by atoms with Gasteiger partial charge in [0.2, 0.25) is 0 Å². The van der Waals surface area contributed by atoms with E-state index in [4.69, 9.17) is 4.74 Å². The highest BCUT2D eigenvalue weighted by molar-refractivity contribution is 5.45. The molecule has 0 heterocycles. The van der Waals surface area contributed by atoms with Crippen LogP contribution in [0.4, 0.5) is 5.69 Å². The van der Waals surface area contributed by atoms with Crippen LogP contribution >= 0.6 is 0 Å². The molecule has 21 heavy (non-hydrogen) atoms. The van der Waals surface area contributed by atoms with Crippen LogP contribution in [0, 0.1) is 0 Å². The number of ether oxygens (including phenoxy) is 1. The minimum atomic E-state index is -0.560. The Morgan fingerprint density at radius 1 is 1.14 bits per heavy atom. The first-order chi connectivity index (χ1) is 10.2. The summed E-state index contributed by atoms with van der Waals surface area (Å²) in [6.45, 7) is 2.65. The molecule has 0 aliphatic carbocycles. The Bertz CT molecular complexity index is 551. The third-order valence-electron chi connectivity index (χ3n) is 3.47. The predicted molar refractivity (Wildman–Crippen MR) is 86.9 cm³/mol. The van der Waals surface area contributed by atoms with E-state index in [1.165, 1.54) is 5.56 Å². The van der Waals surface area contributed by atoms with E-state index in [9.17, 15) is 5.11 Å². The van der Waals surface area contributed by atoms with Gasteiger partial charge in [0, 0.05) is 12.2 Å². The van der Waals surface area contributed by atoms with Gasteiger partial charge in [0.05, 0.1) is 13.2 Å². The number of aryl methyl sites for hydroxylation is 1. The van der Waals surface area contributed by atoms with Crippen molar-refractivity contribution >= 4 is 5.69 Å². The number of methoxy groups -OCH3 is 1. The smallest absolute Gasteiger partial charge is 0.119 e. The third kappa shape index (κ3) is 4.50. The molecule has 2 N–H and O–H groups in total. The SMILES string of the molecule is CCCc1ccc(NCC(O)c2cccc(OC)c2)cc1. The average Bonchev–Trinajstić information content (AvgIpc) is 2.54. The summed E-state index contributed by atoms with van der Waals surface area (Å²) in [5, 5.41) is 13.5. The number of hydrogen-bond acceptors (Lipinski definition) is 3. The number of aliphatic hydroxyl groups excluding tert-OH is 1. The fourth-order valence-corrected chi connectivity index (χ4v) is 2.26. The minimum absolute atomic E-state index is 0.473. The van der Waals surface area contributed by atoms with Crippen molar-refractivity contribution in [1.82, 2.24) is 0 Å². The molecule has 2 aromatic carbocycles. The Kier molecular flexibility index (Phi) is 5.64. The summed E-state index contributed by atoms with van der Waals surface area (Å²) in [6, 6.07) is 15.9. The average molecular weight is 285 g/mol. The Hall–Kier alpha value is -2.00. The first-order valence-corrected chi connectivity index (χ1v) is 7.37. The van der Waals surface area contributed by atoms with E-state index in [-0.39, 0.29) is 0 Å². The van der Waals surface area contributed by atoms with Crippen LogP contribution in [0.1, 0.15) is 30.6 Å². The molecule has 0 spiro atoms. The Labute approximate surface area is 126 Å². The second-order valence-electron chi connectivity index (χ2n) is 5.12. The quantitative estimate of drug-likeness (QED) is 0.813. The largest absolute Gasteiger partial charge is 0.497 e. The van der Waals surface area contributed by atoms with Gasteiger partial charge in [0.15, 0.2) is 0 Å². The molecule has 3 nitrogen and oxygen atoms in total. The van der Waals surface area contributed by atoms with Gasteiger partial charge in [0.25, 0.3) is 0 Å². The summed E-state index contributed by atoms with van der Waals surface area (Å²) >= 11 is 0. The van der Waals surface area contributed by atoms with Crippen LogP contribution < -0.4 is 10.1 Å². The van der Waals surface area contributed by atoms with Gasteiger partial charge >= 0.3 is 0 Å². The number of aliphatic hydroxyl groups is 1. The molecule has 0 bridgehead atoms. The topological polar surface area (TPSA) is 41.5 Å². The monoisotopic (exact) mass is 285 g/mol. The van der Waals surface area contributed by atoms with Crippen molar-refractivity contribution in [2.45, 2.75) is 25.9 Å². The van der Waals surface area contributed by atoms with E-state index in [1.807, 2.05) is 24.3 Å². The first-order valence-electron chi connectivity index (χ1n) is 7.37. The van der Waals surface area contributed by atoms with Crippen molar-refractivity contribution in [3.05, 3.63) is 59.7 Å². The first kappa shape index (κ1) is 15.4. The molecule has 0 amide bonds. The maximum atomic E-state index is 10.2. The van der Waals surface area contributed by atoms with Gasteiger partial charge in [-0.2, -0.15) is 0 Å². The summed E-state index contributed by atoms with van der Waals surface area (Å²) in [5.41, 5.74) is 3.22. The van der Waals surface area contributed by atoms with Crippen LogP contribution in [0.2, 0.25) is 0 Å². The minimum Gasteiger partial charge on any atom is -0.497 e. The number of benzene rings is 2. The predicted octanol–water partition coefficient (Wildman–Crippen LogP) is 3.79. The lowest BCUT2D eigenvalue weighted by Crippen LogP contribution is -2.12. The molecule has 3 heteroatoms. The van der Waals surface area contributed by atoms with Crippen LogP contribution in [0.15, 0.2) is 48.5 Å². The Balaban J connectivity index is 1.92. The van der Waals surface area contributed by atoms with Crippen LogP contribution in [0.3, 0.4) is 0 Å². The van der Waals surface area contributed by atoms with E-state index in [1.54, 1.807) is 7.11 Å². The Morgan fingerprint density at radius 3 is 2.57 bits per heavy atom. The molecule has 112 valence electrons. The van der Waals surface area contributed by atoms with Gasteiger partial charge in [-0.05, 0) is 41.8 Å². The third-order valence-corrected chi connectivity index (χ3v) is 3.47. The van der Waals surface area contributed by atoms with Crippen molar-refractivity contribution in [2.24, 2.45) is 0 Å². The molecule has 0 aliphatic rings. The summed E-state index contributed by atoms with van der Waals surface area (Å²) in [5.74, 6) is 0.760. The molecule has 2 aromatic rings. The van der Waals surface area contributed by atoms with Gasteiger partial charge in [-0.1, -0.05) is 37.6 Å². The zero-order chi connectivity index (χ0) is 15.1. The van der Waals surface area contributed by atoms with Gasteiger partial charge in [-0.3, -0.25) is 0 Å². The van der Waals surface area contributed by atoms with Crippen LogP contribution in [0.25, 0.3) is 0 Å². The zero-order valence-corrected chi connectivity index (χ0v) is 12.7. The summed E-state index contributed by atoms with van der Waals surface area (Å²) in [7, 11) is 1.63. The molecule has 0 saturated heterocycles. The second kappa shape index (κ2) is 7.70. The fraction of sp³-hybridized carbons (Fsp3) is 0.333.